The smallest absolute Gasteiger partial charge is 0.0605 e. The normalized spacial score (nSPS) is 53.3. The van der Waals surface area contributed by atoms with Gasteiger partial charge in [0.15, 0.2) is 0 Å². The minimum Gasteiger partial charge on any atom is -0.393 e. The lowest BCUT2D eigenvalue weighted by molar-refractivity contribution is -0.203. The Hall–Kier alpha value is -0.0800. The molecule has 0 aromatic carbocycles. The van der Waals surface area contributed by atoms with Crippen molar-refractivity contribution in [3.05, 3.63) is 0 Å². The predicted octanol–water partition coefficient (Wildman–Crippen LogP) is 6.30. The van der Waals surface area contributed by atoms with E-state index in [0.29, 0.717) is 40.4 Å². The summed E-state index contributed by atoms with van der Waals surface area (Å²) >= 11 is 0. The highest BCUT2D eigenvalue weighted by Crippen LogP contribution is 2.69. The van der Waals surface area contributed by atoms with Gasteiger partial charge in [0.2, 0.25) is 0 Å². The molecule has 2 nitrogen and oxygen atoms in total. The van der Waals surface area contributed by atoms with Crippen molar-refractivity contribution in [2.24, 2.45) is 58.2 Å². The van der Waals surface area contributed by atoms with E-state index in [2.05, 4.69) is 41.5 Å². The van der Waals surface area contributed by atoms with Crippen molar-refractivity contribution in [1.29, 1.82) is 0 Å². The van der Waals surface area contributed by atoms with E-state index in [9.17, 15) is 10.2 Å². The van der Waals surface area contributed by atoms with Crippen molar-refractivity contribution in [2.45, 2.75) is 112 Å². The number of hydrogen-bond donors (Lipinski definition) is 2. The van der Waals surface area contributed by atoms with Crippen LogP contribution in [0.5, 0.6) is 0 Å². The molecule has 3 unspecified atom stereocenters. The monoisotopic (exact) mass is 404 g/mol. The van der Waals surface area contributed by atoms with Crippen molar-refractivity contribution < 1.29 is 10.2 Å². The van der Waals surface area contributed by atoms with Crippen LogP contribution in [-0.2, 0) is 0 Å². The SMILES string of the molecule is CC[C@H]1[C@@H](O)C2C3CC[C@H]([C@H](C)CC(C)C)[C@@]3(C)CCC2[C@@]2(C)CC[C@@H](O)C[C@@H]12. The third-order valence-electron chi connectivity index (χ3n) is 11.0. The maximum absolute atomic E-state index is 11.8. The Bertz CT molecular complexity index is 587. The first-order valence-electron chi connectivity index (χ1n) is 13.0. The lowest BCUT2D eigenvalue weighted by atomic mass is 9.41. The van der Waals surface area contributed by atoms with E-state index in [1.807, 2.05) is 0 Å². The van der Waals surface area contributed by atoms with Crippen molar-refractivity contribution in [1.82, 2.24) is 0 Å². The molecule has 4 aliphatic carbocycles. The van der Waals surface area contributed by atoms with E-state index in [1.165, 1.54) is 38.5 Å². The van der Waals surface area contributed by atoms with Crippen molar-refractivity contribution >= 4 is 0 Å². The van der Waals surface area contributed by atoms with Crippen LogP contribution < -0.4 is 0 Å². The lowest BCUT2D eigenvalue weighted by Crippen LogP contribution is -2.62. The fraction of sp³-hybridized carbons (Fsp3) is 1.00. The highest BCUT2D eigenvalue weighted by atomic mass is 16.3. The summed E-state index contributed by atoms with van der Waals surface area (Å²) < 4.78 is 0. The minimum atomic E-state index is -0.155. The van der Waals surface area contributed by atoms with Crippen LogP contribution in [0.2, 0.25) is 0 Å². The maximum atomic E-state index is 11.8. The molecule has 0 radical (unpaired) electrons. The van der Waals surface area contributed by atoms with Gasteiger partial charge in [0.25, 0.3) is 0 Å². The highest BCUT2D eigenvalue weighted by Gasteiger charge is 2.64. The van der Waals surface area contributed by atoms with Gasteiger partial charge in [0, 0.05) is 0 Å². The molecule has 0 aromatic heterocycles. The Labute approximate surface area is 180 Å². The van der Waals surface area contributed by atoms with Gasteiger partial charge in [-0.25, -0.2) is 0 Å². The summed E-state index contributed by atoms with van der Waals surface area (Å²) in [4.78, 5) is 0. The summed E-state index contributed by atoms with van der Waals surface area (Å²) in [6, 6.07) is 0. The van der Waals surface area contributed by atoms with Crippen molar-refractivity contribution in [2.75, 3.05) is 0 Å². The molecule has 2 heteroatoms. The topological polar surface area (TPSA) is 40.5 Å². The second-order valence-electron chi connectivity index (χ2n) is 12.7. The lowest BCUT2D eigenvalue weighted by Gasteiger charge is -2.64. The van der Waals surface area contributed by atoms with Crippen LogP contribution in [0.4, 0.5) is 0 Å². The Morgan fingerprint density at radius 2 is 1.52 bits per heavy atom. The number of fused-ring (bicyclic) bond motifs is 5. The molecule has 4 fully saturated rings. The fourth-order valence-corrected chi connectivity index (χ4v) is 9.84. The zero-order valence-corrected chi connectivity index (χ0v) is 20.0. The molecule has 0 saturated heterocycles. The van der Waals surface area contributed by atoms with Gasteiger partial charge >= 0.3 is 0 Å². The van der Waals surface area contributed by atoms with Gasteiger partial charge in [-0.3, -0.25) is 0 Å². The molecular formula is C27H48O2. The maximum Gasteiger partial charge on any atom is 0.0605 e. The number of aliphatic hydroxyl groups excluding tert-OH is 2. The molecule has 11 atom stereocenters. The zero-order valence-electron chi connectivity index (χ0n) is 20.0. The first kappa shape index (κ1) is 22.1. The molecule has 0 spiro atoms. The van der Waals surface area contributed by atoms with Gasteiger partial charge in [0.1, 0.15) is 0 Å². The van der Waals surface area contributed by atoms with Crippen LogP contribution in [0.3, 0.4) is 0 Å². The molecule has 4 aliphatic rings. The van der Waals surface area contributed by atoms with Crippen molar-refractivity contribution in [3.8, 4) is 0 Å². The predicted molar refractivity (Wildman–Crippen MR) is 120 cm³/mol. The summed E-state index contributed by atoms with van der Waals surface area (Å²) in [6.07, 6.45) is 10.5. The van der Waals surface area contributed by atoms with Crippen LogP contribution in [0.15, 0.2) is 0 Å². The quantitative estimate of drug-likeness (QED) is 0.577. The van der Waals surface area contributed by atoms with Crippen molar-refractivity contribution in [3.63, 3.8) is 0 Å². The first-order chi connectivity index (χ1) is 13.6. The van der Waals surface area contributed by atoms with Crippen LogP contribution in [-0.4, -0.2) is 22.4 Å². The van der Waals surface area contributed by atoms with Crippen LogP contribution in [0, 0.1) is 58.2 Å². The Kier molecular flexibility index (Phi) is 5.95. The fourth-order valence-electron chi connectivity index (χ4n) is 9.84. The molecule has 0 amide bonds. The number of hydrogen-bond acceptors (Lipinski definition) is 2. The summed E-state index contributed by atoms with van der Waals surface area (Å²) in [6.45, 7) is 14.7. The van der Waals surface area contributed by atoms with Crippen LogP contribution in [0.1, 0.15) is 99.3 Å². The standard InChI is InChI=1S/C27H48O2/c1-7-19-23-15-18(28)10-12-27(23,6)22-11-13-26(5)20(17(4)14-16(2)3)8-9-21(26)24(22)25(19)29/h16-25,28-29H,7-15H2,1-6H3/t17-,18-,19-,20-,21?,22?,23+,24?,25-,26-,27-/m1/s1. The van der Waals surface area contributed by atoms with Gasteiger partial charge < -0.3 is 10.2 Å². The van der Waals surface area contributed by atoms with E-state index in [1.54, 1.807) is 0 Å². The van der Waals surface area contributed by atoms with Crippen LogP contribution in [0.25, 0.3) is 0 Å². The van der Waals surface area contributed by atoms with E-state index in [4.69, 9.17) is 0 Å². The molecular weight excluding hydrogens is 356 g/mol. The van der Waals surface area contributed by atoms with Gasteiger partial charge in [-0.05, 0) is 110 Å². The number of rotatable bonds is 4. The summed E-state index contributed by atoms with van der Waals surface area (Å²) in [7, 11) is 0. The molecule has 0 aliphatic heterocycles. The third kappa shape index (κ3) is 3.34. The second kappa shape index (κ2) is 7.80. The van der Waals surface area contributed by atoms with Gasteiger partial charge in [-0.2, -0.15) is 0 Å². The largest absolute Gasteiger partial charge is 0.393 e. The molecule has 29 heavy (non-hydrogen) atoms. The molecule has 4 rings (SSSR count). The average Bonchev–Trinajstić information content (AvgIpc) is 3.00. The van der Waals surface area contributed by atoms with E-state index in [0.717, 1.165) is 37.0 Å². The molecule has 0 bridgehead atoms. The first-order valence-corrected chi connectivity index (χ1v) is 13.0. The van der Waals surface area contributed by atoms with Gasteiger partial charge in [0.05, 0.1) is 12.2 Å². The van der Waals surface area contributed by atoms with E-state index in [-0.39, 0.29) is 12.2 Å². The van der Waals surface area contributed by atoms with Gasteiger partial charge in [-0.15, -0.1) is 0 Å². The zero-order chi connectivity index (χ0) is 21.1. The highest BCUT2D eigenvalue weighted by molar-refractivity contribution is 5.13. The molecule has 0 heterocycles. The molecule has 0 aromatic rings. The molecule has 2 N–H and O–H groups in total. The summed E-state index contributed by atoms with van der Waals surface area (Å²) in [5.41, 5.74) is 0.749. The van der Waals surface area contributed by atoms with E-state index < -0.39 is 0 Å². The Morgan fingerprint density at radius 1 is 0.862 bits per heavy atom. The molecule has 168 valence electrons. The Morgan fingerprint density at radius 3 is 2.17 bits per heavy atom. The minimum absolute atomic E-state index is 0.146. The second-order valence-corrected chi connectivity index (χ2v) is 12.7. The van der Waals surface area contributed by atoms with Gasteiger partial charge in [-0.1, -0.05) is 48.0 Å². The Balaban J connectivity index is 1.65. The number of aliphatic hydroxyl groups is 2. The van der Waals surface area contributed by atoms with E-state index >= 15 is 0 Å². The average molecular weight is 405 g/mol. The third-order valence-corrected chi connectivity index (χ3v) is 11.0. The molecule has 4 saturated carbocycles. The summed E-state index contributed by atoms with van der Waals surface area (Å²) in [5.74, 6) is 5.16. The van der Waals surface area contributed by atoms with Crippen LogP contribution >= 0.6 is 0 Å². The summed E-state index contributed by atoms with van der Waals surface area (Å²) in [5, 5.41) is 22.2.